The lowest BCUT2D eigenvalue weighted by Gasteiger charge is -2.26. The van der Waals surface area contributed by atoms with Crippen LogP contribution in [0.4, 0.5) is 5.69 Å². The van der Waals surface area contributed by atoms with E-state index in [4.69, 9.17) is 9.84 Å². The number of hydrogen-bond acceptors (Lipinski definition) is 3. The fourth-order valence-corrected chi connectivity index (χ4v) is 3.79. The van der Waals surface area contributed by atoms with Crippen molar-refractivity contribution in [2.75, 3.05) is 5.32 Å². The summed E-state index contributed by atoms with van der Waals surface area (Å²) in [4.78, 5) is 0. The molecule has 1 aromatic heterocycles. The van der Waals surface area contributed by atoms with Crippen molar-refractivity contribution in [2.45, 2.75) is 51.0 Å². The van der Waals surface area contributed by atoms with Gasteiger partial charge in [0, 0.05) is 19.2 Å². The monoisotopic (exact) mass is 375 g/mol. The summed E-state index contributed by atoms with van der Waals surface area (Å²) in [5, 5.41) is 8.51. The molecule has 0 radical (unpaired) electrons. The van der Waals surface area contributed by atoms with Crippen LogP contribution in [0.25, 0.3) is 0 Å². The molecule has 1 heterocycles. The standard InChI is InChI=1S/C24H29N3O/c1-3-8-22(25-23-17-27(2)26-24(23)19-9-7-10-19)18-13-15-21(16-14-18)28-20-11-5-4-6-12-20/h4-6,11-17,19,22,25H,3,7-10H2,1-2H3. The van der Waals surface area contributed by atoms with Gasteiger partial charge in [0.1, 0.15) is 11.5 Å². The minimum absolute atomic E-state index is 0.277. The van der Waals surface area contributed by atoms with E-state index in [9.17, 15) is 0 Å². The molecule has 0 aliphatic heterocycles. The van der Waals surface area contributed by atoms with E-state index >= 15 is 0 Å². The molecule has 1 N–H and O–H groups in total. The highest BCUT2D eigenvalue weighted by Crippen LogP contribution is 2.40. The maximum Gasteiger partial charge on any atom is 0.127 e. The minimum atomic E-state index is 0.277. The zero-order valence-electron chi connectivity index (χ0n) is 16.8. The highest BCUT2D eigenvalue weighted by molar-refractivity contribution is 5.51. The van der Waals surface area contributed by atoms with Crippen LogP contribution in [0.1, 0.15) is 62.2 Å². The number of para-hydroxylation sites is 1. The summed E-state index contributed by atoms with van der Waals surface area (Å²) in [6.45, 7) is 2.23. The summed E-state index contributed by atoms with van der Waals surface area (Å²) in [6, 6.07) is 18.6. The van der Waals surface area contributed by atoms with E-state index in [0.29, 0.717) is 5.92 Å². The van der Waals surface area contributed by atoms with Crippen LogP contribution in [0.5, 0.6) is 11.5 Å². The third kappa shape index (κ3) is 4.22. The Kier molecular flexibility index (Phi) is 5.65. The van der Waals surface area contributed by atoms with Crippen LogP contribution >= 0.6 is 0 Å². The Morgan fingerprint density at radius 2 is 1.79 bits per heavy atom. The van der Waals surface area contributed by atoms with Gasteiger partial charge in [-0.2, -0.15) is 5.10 Å². The second-order valence-corrected chi connectivity index (χ2v) is 7.70. The summed E-state index contributed by atoms with van der Waals surface area (Å²) in [7, 11) is 2.01. The topological polar surface area (TPSA) is 39.1 Å². The van der Waals surface area contributed by atoms with Crippen LogP contribution in [-0.4, -0.2) is 9.78 Å². The molecule has 1 unspecified atom stereocenters. The van der Waals surface area contributed by atoms with E-state index in [2.05, 4.69) is 42.7 Å². The molecule has 4 heteroatoms. The predicted octanol–water partition coefficient (Wildman–Crippen LogP) is 6.43. The van der Waals surface area contributed by atoms with Crippen molar-refractivity contribution in [2.24, 2.45) is 7.05 Å². The summed E-state index contributed by atoms with van der Waals surface area (Å²) < 4.78 is 7.87. The molecule has 0 spiro atoms. The molecule has 1 aliphatic rings. The molecule has 4 nitrogen and oxygen atoms in total. The van der Waals surface area contributed by atoms with Gasteiger partial charge in [0.2, 0.25) is 0 Å². The Morgan fingerprint density at radius 3 is 2.43 bits per heavy atom. The maximum atomic E-state index is 5.93. The van der Waals surface area contributed by atoms with Gasteiger partial charge in [-0.05, 0) is 49.1 Å². The molecule has 3 aromatic rings. The van der Waals surface area contributed by atoms with Crippen molar-refractivity contribution in [3.63, 3.8) is 0 Å². The van der Waals surface area contributed by atoms with Crippen LogP contribution in [0.3, 0.4) is 0 Å². The SMILES string of the molecule is CCCC(Nc1cn(C)nc1C1CCC1)c1ccc(Oc2ccccc2)cc1. The van der Waals surface area contributed by atoms with E-state index in [0.717, 1.165) is 24.3 Å². The summed E-state index contributed by atoms with van der Waals surface area (Å²) in [5.74, 6) is 2.34. The van der Waals surface area contributed by atoms with Gasteiger partial charge < -0.3 is 10.1 Å². The van der Waals surface area contributed by atoms with Gasteiger partial charge in [-0.15, -0.1) is 0 Å². The first-order chi connectivity index (χ1) is 13.7. The third-order valence-electron chi connectivity index (χ3n) is 5.52. The Balaban J connectivity index is 1.50. The molecule has 0 amide bonds. The molecule has 1 atom stereocenters. The quantitative estimate of drug-likeness (QED) is 0.493. The summed E-state index contributed by atoms with van der Waals surface area (Å²) in [6.07, 6.45) is 8.17. The van der Waals surface area contributed by atoms with Crippen LogP contribution < -0.4 is 10.1 Å². The summed E-state index contributed by atoms with van der Waals surface area (Å²) >= 11 is 0. The number of hydrogen-bond donors (Lipinski definition) is 1. The highest BCUT2D eigenvalue weighted by atomic mass is 16.5. The molecular weight excluding hydrogens is 346 g/mol. The molecule has 0 saturated heterocycles. The lowest BCUT2D eigenvalue weighted by atomic mass is 9.82. The summed E-state index contributed by atoms with van der Waals surface area (Å²) in [5.41, 5.74) is 3.71. The fourth-order valence-electron chi connectivity index (χ4n) is 3.79. The van der Waals surface area contributed by atoms with E-state index in [1.807, 2.05) is 42.1 Å². The molecule has 2 aromatic carbocycles. The number of nitrogens with zero attached hydrogens (tertiary/aromatic N) is 2. The molecule has 4 rings (SSSR count). The van der Waals surface area contributed by atoms with Crippen molar-refractivity contribution < 1.29 is 4.74 Å². The van der Waals surface area contributed by atoms with Gasteiger partial charge in [0.25, 0.3) is 0 Å². The van der Waals surface area contributed by atoms with Gasteiger partial charge in [-0.3, -0.25) is 4.68 Å². The third-order valence-corrected chi connectivity index (χ3v) is 5.52. The highest BCUT2D eigenvalue weighted by Gasteiger charge is 2.26. The number of benzene rings is 2. The molecule has 1 aliphatic carbocycles. The molecule has 1 saturated carbocycles. The Labute approximate surface area is 167 Å². The van der Waals surface area contributed by atoms with Crippen LogP contribution in [-0.2, 0) is 7.05 Å². The molecule has 28 heavy (non-hydrogen) atoms. The van der Waals surface area contributed by atoms with Gasteiger partial charge in [-0.1, -0.05) is 50.1 Å². The molecule has 1 fully saturated rings. The Hall–Kier alpha value is -2.75. The Morgan fingerprint density at radius 1 is 1.07 bits per heavy atom. The number of ether oxygens (including phenoxy) is 1. The number of aryl methyl sites for hydroxylation is 1. The van der Waals surface area contributed by atoms with E-state index < -0.39 is 0 Å². The van der Waals surface area contributed by atoms with E-state index in [-0.39, 0.29) is 6.04 Å². The normalized spacial score (nSPS) is 15.1. The average molecular weight is 376 g/mol. The molecular formula is C24H29N3O. The first kappa shape index (κ1) is 18.6. The van der Waals surface area contributed by atoms with Crippen LogP contribution in [0, 0.1) is 0 Å². The molecule has 146 valence electrons. The zero-order chi connectivity index (χ0) is 19.3. The van der Waals surface area contributed by atoms with Crippen molar-refractivity contribution in [3.05, 3.63) is 72.1 Å². The van der Waals surface area contributed by atoms with Gasteiger partial charge >= 0.3 is 0 Å². The van der Waals surface area contributed by atoms with Gasteiger partial charge in [0.05, 0.1) is 17.4 Å². The second kappa shape index (κ2) is 8.51. The van der Waals surface area contributed by atoms with Gasteiger partial charge in [-0.25, -0.2) is 0 Å². The zero-order valence-corrected chi connectivity index (χ0v) is 16.8. The predicted molar refractivity (Wildman–Crippen MR) is 114 cm³/mol. The van der Waals surface area contributed by atoms with Crippen LogP contribution in [0.15, 0.2) is 60.8 Å². The Bertz CT molecular complexity index is 882. The smallest absolute Gasteiger partial charge is 0.127 e. The van der Waals surface area contributed by atoms with Crippen molar-refractivity contribution in [1.29, 1.82) is 0 Å². The second-order valence-electron chi connectivity index (χ2n) is 7.70. The van der Waals surface area contributed by atoms with Gasteiger partial charge in [0.15, 0.2) is 0 Å². The maximum absolute atomic E-state index is 5.93. The number of rotatable bonds is 8. The van der Waals surface area contributed by atoms with Crippen molar-refractivity contribution >= 4 is 5.69 Å². The fraction of sp³-hybridized carbons (Fsp3) is 0.375. The lowest BCUT2D eigenvalue weighted by Crippen LogP contribution is -2.15. The first-order valence-corrected chi connectivity index (χ1v) is 10.4. The number of nitrogens with one attached hydrogen (secondary N) is 1. The van der Waals surface area contributed by atoms with E-state index in [1.54, 1.807) is 0 Å². The largest absolute Gasteiger partial charge is 0.457 e. The first-order valence-electron chi connectivity index (χ1n) is 10.4. The average Bonchev–Trinajstić information content (AvgIpc) is 3.01. The molecule has 0 bridgehead atoms. The van der Waals surface area contributed by atoms with Crippen LogP contribution in [0.2, 0.25) is 0 Å². The minimum Gasteiger partial charge on any atom is -0.457 e. The number of anilines is 1. The van der Waals surface area contributed by atoms with Crippen molar-refractivity contribution in [1.82, 2.24) is 9.78 Å². The lowest BCUT2D eigenvalue weighted by molar-refractivity contribution is 0.408. The van der Waals surface area contributed by atoms with Crippen molar-refractivity contribution in [3.8, 4) is 11.5 Å². The van der Waals surface area contributed by atoms with E-state index in [1.165, 1.54) is 36.2 Å². The number of aromatic nitrogens is 2.